The van der Waals surface area contributed by atoms with Crippen LogP contribution in [0.25, 0.3) is 38.2 Å². The van der Waals surface area contributed by atoms with Crippen LogP contribution in [0.4, 0.5) is 0 Å². The fourth-order valence-electron chi connectivity index (χ4n) is 6.08. The summed E-state index contributed by atoms with van der Waals surface area (Å²) < 4.78 is 0. The molecule has 28 heavy (non-hydrogen) atoms. The van der Waals surface area contributed by atoms with Gasteiger partial charge in [-0.3, -0.25) is 9.97 Å². The summed E-state index contributed by atoms with van der Waals surface area (Å²) in [7, 11) is 0. The highest BCUT2D eigenvalue weighted by Gasteiger charge is 2.46. The Hall–Kier alpha value is -2.74. The Morgan fingerprint density at radius 1 is 0.893 bits per heavy atom. The van der Waals surface area contributed by atoms with Crippen molar-refractivity contribution in [1.82, 2.24) is 9.97 Å². The highest BCUT2D eigenvalue weighted by atomic mass is 14.8. The maximum Gasteiger partial charge on any atom is 0.0820 e. The molecule has 0 spiro atoms. The van der Waals surface area contributed by atoms with Gasteiger partial charge in [-0.05, 0) is 57.4 Å². The van der Waals surface area contributed by atoms with E-state index in [1.165, 1.54) is 39.2 Å². The lowest BCUT2D eigenvalue weighted by Crippen LogP contribution is -2.15. The van der Waals surface area contributed by atoms with Crippen LogP contribution >= 0.6 is 0 Å². The molecule has 4 aromatic rings. The van der Waals surface area contributed by atoms with Crippen molar-refractivity contribution in [2.45, 2.75) is 40.5 Å². The standard InChI is InChI=1S/C26H24N2/c1-25(2)14-26(3,4)23-17-9-10-27-24-18-11-15-7-5-6-8-16(15)12-20(18)28-21(22(17)24)13-19(23)25/h5-12H,13-14H2,1-4H3. The molecular weight excluding hydrogens is 340 g/mol. The van der Waals surface area contributed by atoms with Crippen LogP contribution in [-0.2, 0) is 6.42 Å². The molecule has 0 saturated carbocycles. The normalized spacial score (nSPS) is 19.6. The van der Waals surface area contributed by atoms with Gasteiger partial charge < -0.3 is 0 Å². The number of fused-ring (bicyclic) bond motifs is 4. The second kappa shape index (κ2) is 5.00. The van der Waals surface area contributed by atoms with E-state index in [2.05, 4.69) is 70.2 Å². The summed E-state index contributed by atoms with van der Waals surface area (Å²) in [5.74, 6) is 0. The molecule has 2 aromatic carbocycles. The number of aromatic nitrogens is 2. The number of allylic oxidation sites excluding steroid dienone is 2. The molecule has 138 valence electrons. The van der Waals surface area contributed by atoms with E-state index >= 15 is 0 Å². The number of rotatable bonds is 0. The third-order valence-electron chi connectivity index (χ3n) is 6.91. The van der Waals surface area contributed by atoms with Gasteiger partial charge in [-0.1, -0.05) is 57.5 Å². The molecule has 2 heteroatoms. The van der Waals surface area contributed by atoms with Gasteiger partial charge >= 0.3 is 0 Å². The van der Waals surface area contributed by atoms with E-state index in [0.29, 0.717) is 0 Å². The van der Waals surface area contributed by atoms with Gasteiger partial charge in [0.25, 0.3) is 0 Å². The van der Waals surface area contributed by atoms with Gasteiger partial charge in [0.2, 0.25) is 0 Å². The Bertz CT molecular complexity index is 1360. The lowest BCUT2D eigenvalue weighted by atomic mass is 9.77. The van der Waals surface area contributed by atoms with Gasteiger partial charge in [0.05, 0.1) is 16.7 Å². The summed E-state index contributed by atoms with van der Waals surface area (Å²) in [6, 6.07) is 15.2. The van der Waals surface area contributed by atoms with Crippen molar-refractivity contribution < 1.29 is 0 Å². The average Bonchev–Trinajstić information content (AvgIpc) is 2.84. The van der Waals surface area contributed by atoms with Gasteiger partial charge in [0, 0.05) is 23.4 Å². The van der Waals surface area contributed by atoms with Crippen molar-refractivity contribution in [2.75, 3.05) is 0 Å². The molecule has 0 aliphatic heterocycles. The van der Waals surface area contributed by atoms with Crippen LogP contribution in [0.15, 0.2) is 54.2 Å². The van der Waals surface area contributed by atoms with Crippen LogP contribution in [-0.4, -0.2) is 9.97 Å². The molecule has 2 aliphatic carbocycles. The van der Waals surface area contributed by atoms with Gasteiger partial charge in [-0.25, -0.2) is 0 Å². The second-order valence-electron chi connectivity index (χ2n) is 9.83. The van der Waals surface area contributed by atoms with Crippen LogP contribution in [0, 0.1) is 10.8 Å². The number of benzene rings is 2. The first kappa shape index (κ1) is 16.2. The molecule has 2 nitrogen and oxygen atoms in total. The van der Waals surface area contributed by atoms with Crippen LogP contribution in [0.5, 0.6) is 0 Å². The van der Waals surface area contributed by atoms with E-state index in [-0.39, 0.29) is 10.8 Å². The van der Waals surface area contributed by atoms with E-state index in [1.54, 1.807) is 11.1 Å². The van der Waals surface area contributed by atoms with E-state index < -0.39 is 0 Å². The fraction of sp³-hybridized carbons (Fsp3) is 0.308. The minimum Gasteiger partial charge on any atom is -0.255 e. The molecule has 0 saturated heterocycles. The minimum absolute atomic E-state index is 0.184. The van der Waals surface area contributed by atoms with Crippen LogP contribution in [0.2, 0.25) is 0 Å². The summed E-state index contributed by atoms with van der Waals surface area (Å²) >= 11 is 0. The molecule has 0 radical (unpaired) electrons. The molecule has 0 unspecified atom stereocenters. The third-order valence-corrected chi connectivity index (χ3v) is 6.91. The van der Waals surface area contributed by atoms with Crippen molar-refractivity contribution in [1.29, 1.82) is 0 Å². The van der Waals surface area contributed by atoms with Gasteiger partial charge in [0.1, 0.15) is 0 Å². The molecule has 0 amide bonds. The third kappa shape index (κ3) is 1.98. The predicted octanol–water partition coefficient (Wildman–Crippen LogP) is 6.70. The molecule has 0 atom stereocenters. The van der Waals surface area contributed by atoms with Crippen LogP contribution < -0.4 is 0 Å². The average molecular weight is 364 g/mol. The first-order chi connectivity index (χ1) is 13.4. The van der Waals surface area contributed by atoms with Gasteiger partial charge in [0.15, 0.2) is 0 Å². The Labute approximate surface area is 165 Å². The molecule has 0 bridgehead atoms. The van der Waals surface area contributed by atoms with E-state index in [9.17, 15) is 0 Å². The summed E-state index contributed by atoms with van der Waals surface area (Å²) in [6.07, 6.45) is 4.13. The zero-order valence-electron chi connectivity index (χ0n) is 16.9. The van der Waals surface area contributed by atoms with Crippen molar-refractivity contribution in [3.63, 3.8) is 0 Å². The molecule has 6 rings (SSSR count). The Balaban J connectivity index is 1.77. The fourth-order valence-corrected chi connectivity index (χ4v) is 6.08. The first-order valence-electron chi connectivity index (χ1n) is 10.2. The topological polar surface area (TPSA) is 25.8 Å². The first-order valence-corrected chi connectivity index (χ1v) is 10.2. The number of pyridine rings is 2. The maximum absolute atomic E-state index is 5.18. The number of nitrogens with zero attached hydrogens (tertiary/aromatic N) is 2. The Kier molecular flexibility index (Phi) is 2.90. The summed E-state index contributed by atoms with van der Waals surface area (Å²) in [4.78, 5) is 10.0. The van der Waals surface area contributed by atoms with E-state index in [0.717, 1.165) is 17.5 Å². The minimum atomic E-state index is 0.184. The van der Waals surface area contributed by atoms with Gasteiger partial charge in [-0.2, -0.15) is 0 Å². The summed E-state index contributed by atoms with van der Waals surface area (Å²) in [6.45, 7) is 9.59. The van der Waals surface area contributed by atoms with Crippen molar-refractivity contribution in [3.05, 3.63) is 65.5 Å². The largest absolute Gasteiger partial charge is 0.255 e. The molecule has 2 heterocycles. The highest BCUT2D eigenvalue weighted by molar-refractivity contribution is 6.13. The van der Waals surface area contributed by atoms with Crippen molar-refractivity contribution in [2.24, 2.45) is 10.8 Å². The monoisotopic (exact) mass is 364 g/mol. The summed E-state index contributed by atoms with van der Waals surface area (Å²) in [5, 5.41) is 4.92. The second-order valence-corrected chi connectivity index (χ2v) is 9.83. The van der Waals surface area contributed by atoms with Crippen LogP contribution in [0.1, 0.15) is 45.4 Å². The lowest BCUT2D eigenvalue weighted by molar-refractivity contribution is 0.327. The number of hydrogen-bond acceptors (Lipinski definition) is 2. The smallest absolute Gasteiger partial charge is 0.0820 e. The molecule has 0 fully saturated rings. The number of hydrogen-bond donors (Lipinski definition) is 0. The van der Waals surface area contributed by atoms with E-state index in [4.69, 9.17) is 9.97 Å². The van der Waals surface area contributed by atoms with Crippen molar-refractivity contribution in [3.8, 4) is 0 Å². The van der Waals surface area contributed by atoms with Crippen molar-refractivity contribution >= 4 is 38.2 Å². The summed E-state index contributed by atoms with van der Waals surface area (Å²) in [5.41, 5.74) is 8.24. The molecular formula is C26H24N2. The van der Waals surface area contributed by atoms with Gasteiger partial charge in [-0.15, -0.1) is 0 Å². The Morgan fingerprint density at radius 3 is 2.43 bits per heavy atom. The van der Waals surface area contributed by atoms with E-state index in [1.807, 2.05) is 6.20 Å². The van der Waals surface area contributed by atoms with Crippen LogP contribution in [0.3, 0.4) is 0 Å². The molecule has 2 aliphatic rings. The Morgan fingerprint density at radius 2 is 1.64 bits per heavy atom. The zero-order chi connectivity index (χ0) is 19.3. The quantitative estimate of drug-likeness (QED) is 0.256. The zero-order valence-corrected chi connectivity index (χ0v) is 16.9. The molecule has 2 aromatic heterocycles. The highest BCUT2D eigenvalue weighted by Crippen LogP contribution is 2.60. The molecule has 0 N–H and O–H groups in total. The maximum atomic E-state index is 5.18. The predicted molar refractivity (Wildman–Crippen MR) is 117 cm³/mol. The lowest BCUT2D eigenvalue weighted by Gasteiger charge is -2.28. The SMILES string of the molecule is CC1(C)CC(C)(C)C2=C1Cc1nc3cc4ccccc4cc3c3nccc2c13.